The SMILES string of the molecule is Cc1ccc(OCC(O)CN2CCCC2)cc1.Cl. The van der Waals surface area contributed by atoms with Crippen LogP contribution < -0.4 is 4.74 Å². The molecule has 1 fully saturated rings. The van der Waals surface area contributed by atoms with Crippen LogP contribution in [-0.4, -0.2) is 42.4 Å². The molecule has 1 aromatic carbocycles. The zero-order valence-electron chi connectivity index (χ0n) is 10.8. The maximum atomic E-state index is 9.86. The molecule has 1 heterocycles. The van der Waals surface area contributed by atoms with Crippen LogP contribution in [0, 0.1) is 6.92 Å². The Bertz CT molecular complexity index is 336. The van der Waals surface area contributed by atoms with Gasteiger partial charge in [0.2, 0.25) is 0 Å². The van der Waals surface area contributed by atoms with Crippen LogP contribution in [0.2, 0.25) is 0 Å². The molecule has 0 spiro atoms. The quantitative estimate of drug-likeness (QED) is 0.892. The van der Waals surface area contributed by atoms with E-state index in [0.717, 1.165) is 25.4 Å². The number of benzene rings is 1. The van der Waals surface area contributed by atoms with Crippen LogP contribution in [0.15, 0.2) is 24.3 Å². The van der Waals surface area contributed by atoms with Gasteiger partial charge in [-0.3, -0.25) is 0 Å². The first kappa shape index (κ1) is 15.3. The highest BCUT2D eigenvalue weighted by atomic mass is 35.5. The van der Waals surface area contributed by atoms with Gasteiger partial charge in [-0.1, -0.05) is 17.7 Å². The van der Waals surface area contributed by atoms with Crippen molar-refractivity contribution < 1.29 is 9.84 Å². The van der Waals surface area contributed by atoms with Crippen LogP contribution in [0.25, 0.3) is 0 Å². The zero-order valence-corrected chi connectivity index (χ0v) is 11.7. The number of hydrogen-bond acceptors (Lipinski definition) is 3. The summed E-state index contributed by atoms with van der Waals surface area (Å²) in [6.07, 6.45) is 2.12. The first-order valence-corrected chi connectivity index (χ1v) is 6.34. The third-order valence-electron chi connectivity index (χ3n) is 3.13. The van der Waals surface area contributed by atoms with E-state index < -0.39 is 6.10 Å². The molecule has 0 aliphatic carbocycles. The minimum atomic E-state index is -0.394. The van der Waals surface area contributed by atoms with E-state index in [-0.39, 0.29) is 12.4 Å². The smallest absolute Gasteiger partial charge is 0.119 e. The van der Waals surface area contributed by atoms with Crippen molar-refractivity contribution in [3.05, 3.63) is 29.8 Å². The van der Waals surface area contributed by atoms with Crippen molar-refractivity contribution in [1.29, 1.82) is 0 Å². The number of rotatable bonds is 5. The van der Waals surface area contributed by atoms with E-state index in [0.29, 0.717) is 6.61 Å². The molecule has 3 nitrogen and oxygen atoms in total. The molecule has 1 unspecified atom stereocenters. The number of likely N-dealkylation sites (tertiary alicyclic amines) is 1. The fraction of sp³-hybridized carbons (Fsp3) is 0.571. The summed E-state index contributed by atoms with van der Waals surface area (Å²) in [5.74, 6) is 0.830. The predicted octanol–water partition coefficient (Wildman–Crippen LogP) is 2.25. The second-order valence-corrected chi connectivity index (χ2v) is 4.79. The van der Waals surface area contributed by atoms with Crippen molar-refractivity contribution >= 4 is 12.4 Å². The lowest BCUT2D eigenvalue weighted by molar-refractivity contribution is 0.0758. The van der Waals surface area contributed by atoms with E-state index >= 15 is 0 Å². The first-order chi connectivity index (χ1) is 8.24. The maximum absolute atomic E-state index is 9.86. The summed E-state index contributed by atoms with van der Waals surface area (Å²) in [6.45, 7) is 5.38. The van der Waals surface area contributed by atoms with Crippen LogP contribution in [0.4, 0.5) is 0 Å². The summed E-state index contributed by atoms with van der Waals surface area (Å²) < 4.78 is 5.56. The minimum Gasteiger partial charge on any atom is -0.491 e. The van der Waals surface area contributed by atoms with Crippen molar-refractivity contribution in [1.82, 2.24) is 4.90 Å². The summed E-state index contributed by atoms with van der Waals surface area (Å²) in [5, 5.41) is 9.86. The maximum Gasteiger partial charge on any atom is 0.119 e. The van der Waals surface area contributed by atoms with Gasteiger partial charge >= 0.3 is 0 Å². The monoisotopic (exact) mass is 271 g/mol. The Labute approximate surface area is 115 Å². The summed E-state index contributed by atoms with van der Waals surface area (Å²) in [7, 11) is 0. The van der Waals surface area contributed by atoms with Gasteiger partial charge in [0.25, 0.3) is 0 Å². The van der Waals surface area contributed by atoms with Gasteiger partial charge in [-0.15, -0.1) is 12.4 Å². The van der Waals surface area contributed by atoms with E-state index in [1.165, 1.54) is 18.4 Å². The second-order valence-electron chi connectivity index (χ2n) is 4.79. The Morgan fingerprint density at radius 3 is 2.44 bits per heavy atom. The van der Waals surface area contributed by atoms with Gasteiger partial charge in [0.1, 0.15) is 18.5 Å². The fourth-order valence-electron chi connectivity index (χ4n) is 2.14. The highest BCUT2D eigenvalue weighted by molar-refractivity contribution is 5.85. The Balaban J connectivity index is 0.00000162. The van der Waals surface area contributed by atoms with E-state index in [9.17, 15) is 5.11 Å². The molecule has 0 aromatic heterocycles. The van der Waals surface area contributed by atoms with Gasteiger partial charge in [0.05, 0.1) is 0 Å². The summed E-state index contributed by atoms with van der Waals surface area (Å²) in [6, 6.07) is 7.92. The molecule has 2 rings (SSSR count). The summed E-state index contributed by atoms with van der Waals surface area (Å²) in [4.78, 5) is 2.29. The molecule has 0 bridgehead atoms. The number of ether oxygens (including phenoxy) is 1. The van der Waals surface area contributed by atoms with Gasteiger partial charge in [0.15, 0.2) is 0 Å². The molecule has 1 N–H and O–H groups in total. The number of aryl methyl sites for hydroxylation is 1. The van der Waals surface area contributed by atoms with Crippen LogP contribution in [0.5, 0.6) is 5.75 Å². The third kappa shape index (κ3) is 4.84. The van der Waals surface area contributed by atoms with Crippen molar-refractivity contribution in [2.75, 3.05) is 26.2 Å². The summed E-state index contributed by atoms with van der Waals surface area (Å²) >= 11 is 0. The van der Waals surface area contributed by atoms with Crippen molar-refractivity contribution in [2.24, 2.45) is 0 Å². The molecule has 102 valence electrons. The van der Waals surface area contributed by atoms with Crippen molar-refractivity contribution in [3.8, 4) is 5.75 Å². The molecular weight excluding hydrogens is 250 g/mol. The molecular formula is C14H22ClNO2. The minimum absolute atomic E-state index is 0. The average Bonchev–Trinajstić information content (AvgIpc) is 2.81. The number of β-amino-alcohol motifs (C(OH)–C–C–N with tert-alkyl or cyclic N) is 1. The lowest BCUT2D eigenvalue weighted by atomic mass is 10.2. The summed E-state index contributed by atoms with van der Waals surface area (Å²) in [5.41, 5.74) is 1.22. The van der Waals surface area contributed by atoms with E-state index in [1.54, 1.807) is 0 Å². The number of aliphatic hydroxyl groups is 1. The predicted molar refractivity (Wildman–Crippen MR) is 75.6 cm³/mol. The molecule has 1 aliphatic rings. The Kier molecular flexibility index (Phi) is 6.47. The Hall–Kier alpha value is -0.770. The van der Waals surface area contributed by atoms with Crippen molar-refractivity contribution in [2.45, 2.75) is 25.9 Å². The number of halogens is 1. The topological polar surface area (TPSA) is 32.7 Å². The molecule has 0 amide bonds. The molecule has 1 aromatic rings. The lowest BCUT2D eigenvalue weighted by Crippen LogP contribution is -2.33. The zero-order chi connectivity index (χ0) is 12.1. The molecule has 0 radical (unpaired) electrons. The van der Waals surface area contributed by atoms with Crippen LogP contribution in [-0.2, 0) is 0 Å². The molecule has 0 saturated carbocycles. The van der Waals surface area contributed by atoms with Gasteiger partial charge in [-0.05, 0) is 45.0 Å². The Morgan fingerprint density at radius 2 is 1.83 bits per heavy atom. The molecule has 4 heteroatoms. The molecule has 1 saturated heterocycles. The highest BCUT2D eigenvalue weighted by Crippen LogP contribution is 2.12. The van der Waals surface area contributed by atoms with Crippen LogP contribution in [0.1, 0.15) is 18.4 Å². The van der Waals surface area contributed by atoms with E-state index in [1.807, 2.05) is 31.2 Å². The number of nitrogens with zero attached hydrogens (tertiary/aromatic N) is 1. The lowest BCUT2D eigenvalue weighted by Gasteiger charge is -2.19. The van der Waals surface area contributed by atoms with Gasteiger partial charge < -0.3 is 14.7 Å². The molecule has 1 aliphatic heterocycles. The highest BCUT2D eigenvalue weighted by Gasteiger charge is 2.15. The van der Waals surface area contributed by atoms with Crippen LogP contribution in [0.3, 0.4) is 0 Å². The first-order valence-electron chi connectivity index (χ1n) is 6.34. The normalized spacial score (nSPS) is 17.2. The van der Waals surface area contributed by atoms with Crippen molar-refractivity contribution in [3.63, 3.8) is 0 Å². The van der Waals surface area contributed by atoms with Gasteiger partial charge in [-0.25, -0.2) is 0 Å². The standard InChI is InChI=1S/C14H21NO2.ClH/c1-12-4-6-14(7-5-12)17-11-13(16)10-15-8-2-3-9-15;/h4-7,13,16H,2-3,8-11H2,1H3;1H. The van der Waals surface area contributed by atoms with E-state index in [2.05, 4.69) is 4.90 Å². The molecule has 1 atom stereocenters. The van der Waals surface area contributed by atoms with Gasteiger partial charge in [-0.2, -0.15) is 0 Å². The Morgan fingerprint density at radius 1 is 1.22 bits per heavy atom. The largest absolute Gasteiger partial charge is 0.491 e. The average molecular weight is 272 g/mol. The third-order valence-corrected chi connectivity index (χ3v) is 3.13. The fourth-order valence-corrected chi connectivity index (χ4v) is 2.14. The van der Waals surface area contributed by atoms with Gasteiger partial charge in [0, 0.05) is 6.54 Å². The second kappa shape index (κ2) is 7.62. The van der Waals surface area contributed by atoms with Crippen LogP contribution >= 0.6 is 12.4 Å². The molecule has 18 heavy (non-hydrogen) atoms. The number of aliphatic hydroxyl groups excluding tert-OH is 1. The van der Waals surface area contributed by atoms with E-state index in [4.69, 9.17) is 4.74 Å². The number of hydrogen-bond donors (Lipinski definition) is 1.